The third-order valence-corrected chi connectivity index (χ3v) is 5.12. The number of hydrogen-bond acceptors (Lipinski definition) is 2. The second-order valence-electron chi connectivity index (χ2n) is 7.88. The first-order chi connectivity index (χ1) is 13.9. The first kappa shape index (κ1) is 20.8. The molecular formula is C23H28FN3O2. The molecule has 5 nitrogen and oxygen atoms in total. The number of halogens is 1. The summed E-state index contributed by atoms with van der Waals surface area (Å²) < 4.78 is 13.6. The number of hydrogen-bond donors (Lipinski definition) is 2. The van der Waals surface area contributed by atoms with Gasteiger partial charge in [0.2, 0.25) is 0 Å². The van der Waals surface area contributed by atoms with E-state index in [-0.39, 0.29) is 30.3 Å². The minimum atomic E-state index is -0.323. The third kappa shape index (κ3) is 5.79. The Balaban J connectivity index is 1.49. The standard InChI is InChI=1S/C23H28FN3O2/c1-16(2)26-23(29)27-12-11-18(15-27)13-17-7-9-19(10-8-17)22(28)25-14-20-5-3-4-6-21(20)24/h3-10,16,18H,11-15H2,1-2H3,(H,25,28)(H,26,29). The summed E-state index contributed by atoms with van der Waals surface area (Å²) >= 11 is 0. The van der Waals surface area contributed by atoms with Crippen molar-refractivity contribution >= 4 is 11.9 Å². The summed E-state index contributed by atoms with van der Waals surface area (Å²) in [6.45, 7) is 5.60. The fourth-order valence-electron chi connectivity index (χ4n) is 3.57. The van der Waals surface area contributed by atoms with Crippen LogP contribution in [0.2, 0.25) is 0 Å². The third-order valence-electron chi connectivity index (χ3n) is 5.12. The lowest BCUT2D eigenvalue weighted by Gasteiger charge is -2.19. The van der Waals surface area contributed by atoms with E-state index in [1.807, 2.05) is 30.9 Å². The number of nitrogens with one attached hydrogen (secondary N) is 2. The molecule has 6 heteroatoms. The van der Waals surface area contributed by atoms with E-state index in [1.54, 1.807) is 30.3 Å². The Bertz CT molecular complexity index is 851. The lowest BCUT2D eigenvalue weighted by atomic mass is 9.98. The largest absolute Gasteiger partial charge is 0.348 e. The van der Waals surface area contributed by atoms with Gasteiger partial charge in [0.25, 0.3) is 5.91 Å². The summed E-state index contributed by atoms with van der Waals surface area (Å²) in [7, 11) is 0. The van der Waals surface area contributed by atoms with E-state index in [4.69, 9.17) is 0 Å². The molecular weight excluding hydrogens is 369 g/mol. The molecule has 1 heterocycles. The molecule has 1 atom stereocenters. The maximum Gasteiger partial charge on any atom is 0.317 e. The Labute approximate surface area is 171 Å². The summed E-state index contributed by atoms with van der Waals surface area (Å²) in [6.07, 6.45) is 1.86. The van der Waals surface area contributed by atoms with Gasteiger partial charge in [-0.1, -0.05) is 30.3 Å². The van der Waals surface area contributed by atoms with E-state index < -0.39 is 0 Å². The van der Waals surface area contributed by atoms with E-state index in [0.29, 0.717) is 17.0 Å². The molecule has 3 rings (SSSR count). The van der Waals surface area contributed by atoms with Gasteiger partial charge in [-0.3, -0.25) is 4.79 Å². The fourth-order valence-corrected chi connectivity index (χ4v) is 3.57. The van der Waals surface area contributed by atoms with Crippen molar-refractivity contribution < 1.29 is 14.0 Å². The van der Waals surface area contributed by atoms with Gasteiger partial charge in [0, 0.05) is 36.8 Å². The maximum absolute atomic E-state index is 13.6. The monoisotopic (exact) mass is 397 g/mol. The summed E-state index contributed by atoms with van der Waals surface area (Å²) in [5.74, 6) is -0.123. The first-order valence-electron chi connectivity index (χ1n) is 10.1. The zero-order valence-electron chi connectivity index (χ0n) is 17.0. The minimum absolute atomic E-state index is 0.00405. The molecule has 1 fully saturated rings. The van der Waals surface area contributed by atoms with E-state index in [9.17, 15) is 14.0 Å². The van der Waals surface area contributed by atoms with E-state index in [2.05, 4.69) is 10.6 Å². The van der Waals surface area contributed by atoms with Gasteiger partial charge in [-0.15, -0.1) is 0 Å². The van der Waals surface area contributed by atoms with E-state index in [1.165, 1.54) is 6.07 Å². The van der Waals surface area contributed by atoms with Crippen LogP contribution in [-0.4, -0.2) is 36.0 Å². The molecule has 3 amide bonds. The number of urea groups is 1. The number of carbonyl (C=O) groups is 2. The summed E-state index contributed by atoms with van der Waals surface area (Å²) in [5, 5.41) is 5.69. The van der Waals surface area contributed by atoms with Crippen LogP contribution in [0.25, 0.3) is 0 Å². The Hall–Kier alpha value is -2.89. The summed E-state index contributed by atoms with van der Waals surface area (Å²) in [6, 6.07) is 14.1. The minimum Gasteiger partial charge on any atom is -0.348 e. The molecule has 0 aliphatic carbocycles. The van der Waals surface area contributed by atoms with Crippen LogP contribution < -0.4 is 10.6 Å². The SMILES string of the molecule is CC(C)NC(=O)N1CCC(Cc2ccc(C(=O)NCc3ccccc3F)cc2)C1. The zero-order chi connectivity index (χ0) is 20.8. The molecule has 0 aromatic heterocycles. The van der Waals surface area contributed by atoms with Crippen LogP contribution in [0.1, 0.15) is 41.8 Å². The van der Waals surface area contributed by atoms with Crippen LogP contribution in [0.3, 0.4) is 0 Å². The molecule has 29 heavy (non-hydrogen) atoms. The summed E-state index contributed by atoms with van der Waals surface area (Å²) in [5.41, 5.74) is 2.16. The number of likely N-dealkylation sites (tertiary alicyclic amines) is 1. The van der Waals surface area contributed by atoms with Gasteiger partial charge in [-0.05, 0) is 56.4 Å². The maximum atomic E-state index is 13.6. The lowest BCUT2D eigenvalue weighted by molar-refractivity contribution is 0.0950. The molecule has 0 bridgehead atoms. The molecule has 2 N–H and O–H groups in total. The smallest absolute Gasteiger partial charge is 0.317 e. The van der Waals surface area contributed by atoms with E-state index in [0.717, 1.165) is 31.5 Å². The molecule has 1 aliphatic heterocycles. The van der Waals surface area contributed by atoms with Crippen molar-refractivity contribution in [2.24, 2.45) is 5.92 Å². The molecule has 154 valence electrons. The fraction of sp³-hybridized carbons (Fsp3) is 0.391. The van der Waals surface area contributed by atoms with Crippen LogP contribution in [-0.2, 0) is 13.0 Å². The van der Waals surface area contributed by atoms with Gasteiger partial charge in [0.15, 0.2) is 0 Å². The van der Waals surface area contributed by atoms with Gasteiger partial charge >= 0.3 is 6.03 Å². The van der Waals surface area contributed by atoms with Crippen LogP contribution >= 0.6 is 0 Å². The second kappa shape index (κ2) is 9.54. The highest BCUT2D eigenvalue weighted by atomic mass is 19.1. The van der Waals surface area contributed by atoms with Gasteiger partial charge in [0.05, 0.1) is 0 Å². The molecule has 1 aliphatic rings. The molecule has 0 saturated carbocycles. The predicted molar refractivity (Wildman–Crippen MR) is 111 cm³/mol. The molecule has 2 aromatic carbocycles. The molecule has 1 unspecified atom stereocenters. The van der Waals surface area contributed by atoms with Crippen LogP contribution in [0.4, 0.5) is 9.18 Å². The summed E-state index contributed by atoms with van der Waals surface area (Å²) in [4.78, 5) is 26.3. The highest BCUT2D eigenvalue weighted by molar-refractivity contribution is 5.94. The number of nitrogens with zero attached hydrogens (tertiary/aromatic N) is 1. The van der Waals surface area contributed by atoms with Gasteiger partial charge in [-0.2, -0.15) is 0 Å². The quantitative estimate of drug-likeness (QED) is 0.780. The number of carbonyl (C=O) groups excluding carboxylic acids is 2. The molecule has 1 saturated heterocycles. The Kier molecular flexibility index (Phi) is 6.86. The van der Waals surface area contributed by atoms with Crippen molar-refractivity contribution in [2.75, 3.05) is 13.1 Å². The highest BCUT2D eigenvalue weighted by Gasteiger charge is 2.26. The van der Waals surface area contributed by atoms with Crippen molar-refractivity contribution in [3.63, 3.8) is 0 Å². The normalized spacial score (nSPS) is 16.1. The molecule has 2 aromatic rings. The number of rotatable bonds is 6. The topological polar surface area (TPSA) is 61.4 Å². The van der Waals surface area contributed by atoms with Gasteiger partial charge in [0.1, 0.15) is 5.82 Å². The predicted octanol–water partition coefficient (Wildman–Crippen LogP) is 3.74. The van der Waals surface area contributed by atoms with Crippen molar-refractivity contribution in [1.82, 2.24) is 15.5 Å². The number of benzene rings is 2. The van der Waals surface area contributed by atoms with E-state index >= 15 is 0 Å². The van der Waals surface area contributed by atoms with Crippen LogP contribution in [0.5, 0.6) is 0 Å². The van der Waals surface area contributed by atoms with Gasteiger partial charge < -0.3 is 15.5 Å². The lowest BCUT2D eigenvalue weighted by Crippen LogP contribution is -2.41. The Morgan fingerprint density at radius 3 is 2.55 bits per heavy atom. The van der Waals surface area contributed by atoms with Crippen LogP contribution in [0.15, 0.2) is 48.5 Å². The number of amides is 3. The zero-order valence-corrected chi connectivity index (χ0v) is 17.0. The van der Waals surface area contributed by atoms with Crippen molar-refractivity contribution in [1.29, 1.82) is 0 Å². The second-order valence-corrected chi connectivity index (χ2v) is 7.88. The average molecular weight is 397 g/mol. The van der Waals surface area contributed by atoms with Crippen LogP contribution in [0, 0.1) is 11.7 Å². The Morgan fingerprint density at radius 2 is 1.86 bits per heavy atom. The average Bonchev–Trinajstić information content (AvgIpc) is 3.16. The van der Waals surface area contributed by atoms with Crippen molar-refractivity contribution in [3.8, 4) is 0 Å². The van der Waals surface area contributed by atoms with Crippen molar-refractivity contribution in [3.05, 3.63) is 71.0 Å². The van der Waals surface area contributed by atoms with Crippen molar-refractivity contribution in [2.45, 2.75) is 39.3 Å². The first-order valence-corrected chi connectivity index (χ1v) is 10.1. The molecule has 0 spiro atoms. The van der Waals surface area contributed by atoms with Gasteiger partial charge in [-0.25, -0.2) is 9.18 Å². The molecule has 0 radical (unpaired) electrons. The highest BCUT2D eigenvalue weighted by Crippen LogP contribution is 2.21. The Morgan fingerprint density at radius 1 is 1.14 bits per heavy atom.